The number of fused-ring (bicyclic) bond motifs is 1. The molecule has 2 aromatic rings. The zero-order valence-corrected chi connectivity index (χ0v) is 11.7. The number of benzene rings is 2. The van der Waals surface area contributed by atoms with Crippen LogP contribution < -0.4 is 10.1 Å². The van der Waals surface area contributed by atoms with Gasteiger partial charge in [0.2, 0.25) is 0 Å². The van der Waals surface area contributed by atoms with Crippen LogP contribution in [-0.4, -0.2) is 11.7 Å². The summed E-state index contributed by atoms with van der Waals surface area (Å²) in [5.74, 6) is 1.08. The smallest absolute Gasteiger partial charge is 0.134 e. The minimum atomic E-state index is 0.117. The van der Waals surface area contributed by atoms with E-state index in [0.717, 1.165) is 24.3 Å². The van der Waals surface area contributed by atoms with Crippen molar-refractivity contribution in [3.05, 3.63) is 58.6 Å². The van der Waals surface area contributed by atoms with E-state index in [1.807, 2.05) is 24.3 Å². The number of aromatic hydroxyl groups is 1. The van der Waals surface area contributed by atoms with Gasteiger partial charge in [-0.25, -0.2) is 0 Å². The molecule has 2 aromatic carbocycles. The third-order valence-electron chi connectivity index (χ3n) is 3.52. The molecule has 0 saturated heterocycles. The molecule has 0 amide bonds. The van der Waals surface area contributed by atoms with Gasteiger partial charge in [-0.05, 0) is 23.8 Å². The lowest BCUT2D eigenvalue weighted by atomic mass is 10.0. The number of phenols is 1. The van der Waals surface area contributed by atoms with Crippen molar-refractivity contribution >= 4 is 11.6 Å². The molecule has 4 heteroatoms. The van der Waals surface area contributed by atoms with E-state index in [1.165, 1.54) is 5.56 Å². The van der Waals surface area contributed by atoms with Crippen LogP contribution in [-0.2, 0) is 6.54 Å². The van der Waals surface area contributed by atoms with E-state index < -0.39 is 0 Å². The average molecular weight is 290 g/mol. The second-order valence-corrected chi connectivity index (χ2v) is 5.30. The van der Waals surface area contributed by atoms with Crippen LogP contribution in [0.4, 0.5) is 0 Å². The Morgan fingerprint density at radius 3 is 2.95 bits per heavy atom. The Labute approximate surface area is 123 Å². The molecule has 0 bridgehead atoms. The van der Waals surface area contributed by atoms with Crippen LogP contribution in [0.2, 0.25) is 5.02 Å². The first-order valence-electron chi connectivity index (χ1n) is 6.66. The summed E-state index contributed by atoms with van der Waals surface area (Å²) >= 11 is 5.92. The zero-order valence-electron chi connectivity index (χ0n) is 11.0. The van der Waals surface area contributed by atoms with Crippen molar-refractivity contribution in [2.75, 3.05) is 6.61 Å². The third kappa shape index (κ3) is 2.74. The van der Waals surface area contributed by atoms with E-state index in [2.05, 4.69) is 11.4 Å². The minimum Gasteiger partial charge on any atom is -0.506 e. The second kappa shape index (κ2) is 5.73. The summed E-state index contributed by atoms with van der Waals surface area (Å²) in [6, 6.07) is 13.7. The second-order valence-electron chi connectivity index (χ2n) is 4.89. The van der Waals surface area contributed by atoms with Gasteiger partial charge in [-0.15, -0.1) is 0 Å². The third-order valence-corrected chi connectivity index (χ3v) is 3.83. The maximum atomic E-state index is 9.42. The summed E-state index contributed by atoms with van der Waals surface area (Å²) in [6.07, 6.45) is 0.947. The fourth-order valence-electron chi connectivity index (χ4n) is 2.46. The molecule has 0 aromatic heterocycles. The van der Waals surface area contributed by atoms with Crippen molar-refractivity contribution in [1.82, 2.24) is 5.32 Å². The van der Waals surface area contributed by atoms with E-state index >= 15 is 0 Å². The SMILES string of the molecule is Oc1ccc(CNC2CCOc3ccccc32)cc1Cl. The van der Waals surface area contributed by atoms with Gasteiger partial charge in [-0.2, -0.15) is 0 Å². The Kier molecular flexibility index (Phi) is 3.81. The number of nitrogens with one attached hydrogen (secondary N) is 1. The summed E-state index contributed by atoms with van der Waals surface area (Å²) < 4.78 is 5.65. The van der Waals surface area contributed by atoms with E-state index in [4.69, 9.17) is 16.3 Å². The Bertz CT molecular complexity index is 615. The molecule has 0 aliphatic carbocycles. The van der Waals surface area contributed by atoms with Crippen LogP contribution in [0, 0.1) is 0 Å². The Morgan fingerprint density at radius 1 is 1.25 bits per heavy atom. The quantitative estimate of drug-likeness (QED) is 0.906. The molecule has 1 atom stereocenters. The van der Waals surface area contributed by atoms with Crippen molar-refractivity contribution < 1.29 is 9.84 Å². The van der Waals surface area contributed by atoms with Gasteiger partial charge in [0.15, 0.2) is 0 Å². The summed E-state index contributed by atoms with van der Waals surface area (Å²) in [5, 5.41) is 13.3. The van der Waals surface area contributed by atoms with Crippen LogP contribution in [0.1, 0.15) is 23.6 Å². The Balaban J connectivity index is 1.71. The molecule has 0 spiro atoms. The molecule has 0 fully saturated rings. The van der Waals surface area contributed by atoms with Gasteiger partial charge < -0.3 is 15.2 Å². The van der Waals surface area contributed by atoms with E-state index in [1.54, 1.807) is 12.1 Å². The predicted octanol–water partition coefficient (Wildman–Crippen LogP) is 3.66. The molecule has 1 aliphatic rings. The van der Waals surface area contributed by atoms with Gasteiger partial charge in [0.25, 0.3) is 0 Å². The van der Waals surface area contributed by atoms with E-state index in [0.29, 0.717) is 11.6 Å². The number of hydrogen-bond donors (Lipinski definition) is 2. The Hall–Kier alpha value is -1.71. The summed E-state index contributed by atoms with van der Waals surface area (Å²) in [5.41, 5.74) is 2.25. The number of halogens is 1. The molecule has 1 unspecified atom stereocenters. The topological polar surface area (TPSA) is 41.5 Å². The molecule has 20 heavy (non-hydrogen) atoms. The van der Waals surface area contributed by atoms with Gasteiger partial charge in [-0.1, -0.05) is 35.9 Å². The van der Waals surface area contributed by atoms with Crippen LogP contribution in [0.15, 0.2) is 42.5 Å². The molecule has 1 aliphatic heterocycles. The molecule has 3 rings (SSSR count). The molecular formula is C16H16ClNO2. The molecule has 104 valence electrons. The van der Waals surface area contributed by atoms with Gasteiger partial charge >= 0.3 is 0 Å². The molecular weight excluding hydrogens is 274 g/mol. The lowest BCUT2D eigenvalue weighted by Gasteiger charge is -2.26. The first-order valence-corrected chi connectivity index (χ1v) is 7.04. The normalized spacial score (nSPS) is 17.4. The standard InChI is InChI=1S/C16H16ClNO2/c17-13-9-11(5-6-15(13)19)10-18-14-7-8-20-16-4-2-1-3-12(14)16/h1-6,9,14,18-19H,7-8,10H2. The minimum absolute atomic E-state index is 0.117. The van der Waals surface area contributed by atoms with E-state index in [9.17, 15) is 5.11 Å². The molecule has 0 saturated carbocycles. The molecule has 2 N–H and O–H groups in total. The predicted molar refractivity (Wildman–Crippen MR) is 79.3 cm³/mol. The Morgan fingerprint density at radius 2 is 2.10 bits per heavy atom. The highest BCUT2D eigenvalue weighted by molar-refractivity contribution is 6.32. The number of para-hydroxylation sites is 1. The van der Waals surface area contributed by atoms with Crippen molar-refractivity contribution in [2.45, 2.75) is 19.0 Å². The zero-order chi connectivity index (χ0) is 13.9. The monoisotopic (exact) mass is 289 g/mol. The number of phenolic OH excluding ortho intramolecular Hbond substituents is 1. The summed E-state index contributed by atoms with van der Waals surface area (Å²) in [7, 11) is 0. The molecule has 1 heterocycles. The molecule has 3 nitrogen and oxygen atoms in total. The number of rotatable bonds is 3. The fourth-order valence-corrected chi connectivity index (χ4v) is 2.66. The van der Waals surface area contributed by atoms with Crippen LogP contribution >= 0.6 is 11.6 Å². The number of ether oxygens (including phenoxy) is 1. The highest BCUT2D eigenvalue weighted by Crippen LogP contribution is 2.32. The van der Waals surface area contributed by atoms with Gasteiger partial charge in [-0.3, -0.25) is 0 Å². The highest BCUT2D eigenvalue weighted by atomic mass is 35.5. The van der Waals surface area contributed by atoms with Crippen molar-refractivity contribution in [3.8, 4) is 11.5 Å². The maximum absolute atomic E-state index is 9.42. The average Bonchev–Trinajstić information content (AvgIpc) is 2.48. The van der Waals surface area contributed by atoms with Crippen molar-refractivity contribution in [3.63, 3.8) is 0 Å². The number of hydrogen-bond acceptors (Lipinski definition) is 3. The van der Waals surface area contributed by atoms with Crippen LogP contribution in [0.5, 0.6) is 11.5 Å². The van der Waals surface area contributed by atoms with Gasteiger partial charge in [0, 0.05) is 24.6 Å². The maximum Gasteiger partial charge on any atom is 0.134 e. The van der Waals surface area contributed by atoms with Gasteiger partial charge in [0.05, 0.1) is 11.6 Å². The fraction of sp³-hybridized carbons (Fsp3) is 0.250. The van der Waals surface area contributed by atoms with Crippen molar-refractivity contribution in [2.24, 2.45) is 0 Å². The van der Waals surface area contributed by atoms with Gasteiger partial charge in [0.1, 0.15) is 11.5 Å². The molecule has 0 radical (unpaired) electrons. The lowest BCUT2D eigenvalue weighted by Crippen LogP contribution is -2.26. The first-order chi connectivity index (χ1) is 9.74. The summed E-state index contributed by atoms with van der Waals surface area (Å²) in [4.78, 5) is 0. The van der Waals surface area contributed by atoms with E-state index in [-0.39, 0.29) is 11.8 Å². The van der Waals surface area contributed by atoms with Crippen LogP contribution in [0.25, 0.3) is 0 Å². The van der Waals surface area contributed by atoms with Crippen LogP contribution in [0.3, 0.4) is 0 Å². The summed E-state index contributed by atoms with van der Waals surface area (Å²) in [6.45, 7) is 1.43. The first kappa shape index (κ1) is 13.3. The van der Waals surface area contributed by atoms with Crippen molar-refractivity contribution in [1.29, 1.82) is 0 Å². The lowest BCUT2D eigenvalue weighted by molar-refractivity contribution is 0.252. The largest absolute Gasteiger partial charge is 0.506 e. The highest BCUT2D eigenvalue weighted by Gasteiger charge is 2.20.